The summed E-state index contributed by atoms with van der Waals surface area (Å²) in [5.41, 5.74) is 0.987. The lowest BCUT2D eigenvalue weighted by Crippen LogP contribution is -2.52. The van der Waals surface area contributed by atoms with Crippen LogP contribution < -0.4 is 0 Å². The molecular formula is C20H28O3. The van der Waals surface area contributed by atoms with Crippen LogP contribution in [0.5, 0.6) is 0 Å². The van der Waals surface area contributed by atoms with E-state index < -0.39 is 5.41 Å². The van der Waals surface area contributed by atoms with Gasteiger partial charge in [0.2, 0.25) is 0 Å². The third-order valence-electron chi connectivity index (χ3n) is 8.12. The molecule has 0 spiro atoms. The van der Waals surface area contributed by atoms with Crippen LogP contribution >= 0.6 is 0 Å². The predicted molar refractivity (Wildman–Crippen MR) is 88.8 cm³/mol. The van der Waals surface area contributed by atoms with Gasteiger partial charge in [0.1, 0.15) is 5.76 Å². The molecule has 6 atom stereocenters. The molecule has 4 aliphatic rings. The van der Waals surface area contributed by atoms with Crippen LogP contribution in [0.2, 0.25) is 0 Å². The molecule has 23 heavy (non-hydrogen) atoms. The molecule has 0 amide bonds. The molecule has 4 aliphatic carbocycles. The monoisotopic (exact) mass is 316 g/mol. The van der Waals surface area contributed by atoms with Crippen molar-refractivity contribution in [2.45, 2.75) is 52.4 Å². The Hall–Kier alpha value is -1.09. The highest BCUT2D eigenvalue weighted by Crippen LogP contribution is 2.65. The molecule has 0 radical (unpaired) electrons. The highest BCUT2D eigenvalue weighted by Gasteiger charge is 2.60. The average Bonchev–Trinajstić information content (AvgIpc) is 2.85. The lowest BCUT2D eigenvalue weighted by atomic mass is 9.47. The minimum Gasteiger partial charge on any atom is -0.508 e. The molecule has 0 heterocycles. The van der Waals surface area contributed by atoms with Crippen molar-refractivity contribution in [3.05, 3.63) is 23.5 Å². The summed E-state index contributed by atoms with van der Waals surface area (Å²) in [6, 6.07) is 0. The maximum atomic E-state index is 12.8. The Morgan fingerprint density at radius 3 is 2.65 bits per heavy atom. The van der Waals surface area contributed by atoms with Crippen LogP contribution in [-0.4, -0.2) is 22.6 Å². The van der Waals surface area contributed by atoms with Crippen molar-refractivity contribution in [2.75, 3.05) is 6.61 Å². The van der Waals surface area contributed by atoms with Crippen LogP contribution in [0.25, 0.3) is 0 Å². The second-order valence-corrected chi connectivity index (χ2v) is 8.72. The normalized spacial score (nSPS) is 48.9. The summed E-state index contributed by atoms with van der Waals surface area (Å²) < 4.78 is 0. The smallest absolute Gasteiger partial charge is 0.169 e. The Labute approximate surface area is 138 Å². The maximum Gasteiger partial charge on any atom is 0.169 e. The topological polar surface area (TPSA) is 57.5 Å². The Morgan fingerprint density at radius 2 is 1.91 bits per heavy atom. The second-order valence-electron chi connectivity index (χ2n) is 8.72. The van der Waals surface area contributed by atoms with Crippen LogP contribution in [0.4, 0.5) is 0 Å². The third-order valence-corrected chi connectivity index (χ3v) is 8.12. The molecule has 0 aliphatic heterocycles. The van der Waals surface area contributed by atoms with Gasteiger partial charge in [0, 0.05) is 12.7 Å². The van der Waals surface area contributed by atoms with Crippen LogP contribution in [0.1, 0.15) is 52.4 Å². The molecule has 0 aromatic rings. The first kappa shape index (κ1) is 15.4. The second kappa shape index (κ2) is 4.95. The molecule has 126 valence electrons. The molecule has 2 N–H and O–H groups in total. The molecular weight excluding hydrogens is 288 g/mol. The molecule has 3 saturated carbocycles. The Morgan fingerprint density at radius 1 is 1.13 bits per heavy atom. The van der Waals surface area contributed by atoms with Gasteiger partial charge in [-0.3, -0.25) is 4.79 Å². The van der Waals surface area contributed by atoms with Gasteiger partial charge in [0.25, 0.3) is 0 Å². The van der Waals surface area contributed by atoms with Gasteiger partial charge >= 0.3 is 0 Å². The number of aliphatic hydroxyl groups is 2. The molecule has 0 saturated heterocycles. The van der Waals surface area contributed by atoms with Gasteiger partial charge in [-0.2, -0.15) is 0 Å². The zero-order valence-corrected chi connectivity index (χ0v) is 14.2. The van der Waals surface area contributed by atoms with E-state index in [1.54, 1.807) is 0 Å². The van der Waals surface area contributed by atoms with Gasteiger partial charge in [-0.15, -0.1) is 0 Å². The van der Waals surface area contributed by atoms with E-state index in [0.29, 0.717) is 30.3 Å². The van der Waals surface area contributed by atoms with E-state index >= 15 is 0 Å². The highest BCUT2D eigenvalue weighted by atomic mass is 16.3. The molecule has 6 unspecified atom stereocenters. The van der Waals surface area contributed by atoms with Gasteiger partial charge in [-0.1, -0.05) is 12.5 Å². The van der Waals surface area contributed by atoms with Crippen molar-refractivity contribution in [2.24, 2.45) is 34.5 Å². The minimum atomic E-state index is -0.409. The maximum absolute atomic E-state index is 12.8. The number of aliphatic hydroxyl groups excluding tert-OH is 2. The molecule has 3 heteroatoms. The number of allylic oxidation sites excluding steroid dienone is 3. The first-order valence-corrected chi connectivity index (χ1v) is 9.18. The molecule has 0 aromatic heterocycles. The van der Waals surface area contributed by atoms with Crippen molar-refractivity contribution in [3.8, 4) is 0 Å². The standard InChI is InChI=1S/C20H28O3/c1-19-8-7-17-15(16(19)6-4-13(19)11-21)5-3-12-9-14(22)10-18(23)20(12,17)2/h9-10,13,15-17,21-22H,3-8,11H2,1-2H3. The van der Waals surface area contributed by atoms with Crippen LogP contribution in [0.15, 0.2) is 23.5 Å². The Bertz CT molecular complexity index is 604. The van der Waals surface area contributed by atoms with Gasteiger partial charge in [-0.05, 0) is 80.6 Å². The quantitative estimate of drug-likeness (QED) is 0.774. The van der Waals surface area contributed by atoms with Crippen LogP contribution in [-0.2, 0) is 4.79 Å². The van der Waals surface area contributed by atoms with Crippen molar-refractivity contribution >= 4 is 5.78 Å². The van der Waals surface area contributed by atoms with Gasteiger partial charge < -0.3 is 10.2 Å². The zero-order chi connectivity index (χ0) is 16.4. The van der Waals surface area contributed by atoms with Gasteiger partial charge in [0.15, 0.2) is 5.78 Å². The lowest BCUT2D eigenvalue weighted by molar-refractivity contribution is -0.132. The first-order chi connectivity index (χ1) is 10.9. The van der Waals surface area contributed by atoms with E-state index in [0.717, 1.165) is 37.7 Å². The number of hydrogen-bond donors (Lipinski definition) is 2. The fourth-order valence-electron chi connectivity index (χ4n) is 6.70. The number of rotatable bonds is 1. The number of fused-ring (bicyclic) bond motifs is 5. The highest BCUT2D eigenvalue weighted by molar-refractivity contribution is 5.99. The summed E-state index contributed by atoms with van der Waals surface area (Å²) in [4.78, 5) is 12.8. The SMILES string of the molecule is CC12C(=O)C=C(O)C=C1CCC1C2CCC2(C)C(CO)CCC12. The first-order valence-electron chi connectivity index (χ1n) is 9.18. The Kier molecular flexibility index (Phi) is 3.32. The third kappa shape index (κ3) is 1.89. The van der Waals surface area contributed by atoms with E-state index in [1.165, 1.54) is 12.5 Å². The average molecular weight is 316 g/mol. The lowest BCUT2D eigenvalue weighted by Gasteiger charge is -2.56. The minimum absolute atomic E-state index is 0.0995. The van der Waals surface area contributed by atoms with E-state index in [2.05, 4.69) is 13.8 Å². The van der Waals surface area contributed by atoms with Gasteiger partial charge in [-0.25, -0.2) is 0 Å². The van der Waals surface area contributed by atoms with Gasteiger partial charge in [0.05, 0.1) is 5.41 Å². The van der Waals surface area contributed by atoms with E-state index in [1.807, 2.05) is 6.08 Å². The molecule has 4 rings (SSSR count). The summed E-state index contributed by atoms with van der Waals surface area (Å²) in [6.45, 7) is 4.80. The number of ketones is 1. The predicted octanol–water partition coefficient (Wildman–Crippen LogP) is 3.79. The summed E-state index contributed by atoms with van der Waals surface area (Å²) in [6.07, 6.45) is 9.87. The molecule has 0 aromatic carbocycles. The van der Waals surface area contributed by atoms with E-state index in [-0.39, 0.29) is 17.0 Å². The molecule has 3 fully saturated rings. The summed E-state index contributed by atoms with van der Waals surface area (Å²) in [7, 11) is 0. The summed E-state index contributed by atoms with van der Waals surface area (Å²) >= 11 is 0. The molecule has 3 nitrogen and oxygen atoms in total. The summed E-state index contributed by atoms with van der Waals surface area (Å²) in [5.74, 6) is 2.29. The number of hydrogen-bond acceptors (Lipinski definition) is 3. The van der Waals surface area contributed by atoms with Crippen molar-refractivity contribution in [3.63, 3.8) is 0 Å². The van der Waals surface area contributed by atoms with E-state index in [9.17, 15) is 15.0 Å². The molecule has 0 bridgehead atoms. The van der Waals surface area contributed by atoms with E-state index in [4.69, 9.17) is 0 Å². The van der Waals surface area contributed by atoms with Crippen LogP contribution in [0, 0.1) is 34.5 Å². The number of carbonyl (C=O) groups excluding carboxylic acids is 1. The summed E-state index contributed by atoms with van der Waals surface area (Å²) in [5, 5.41) is 19.6. The van der Waals surface area contributed by atoms with Crippen molar-refractivity contribution in [1.29, 1.82) is 0 Å². The zero-order valence-electron chi connectivity index (χ0n) is 14.2. The van der Waals surface area contributed by atoms with Crippen molar-refractivity contribution < 1.29 is 15.0 Å². The van der Waals surface area contributed by atoms with Crippen molar-refractivity contribution in [1.82, 2.24) is 0 Å². The number of carbonyl (C=O) groups is 1. The van der Waals surface area contributed by atoms with Crippen LogP contribution in [0.3, 0.4) is 0 Å². The largest absolute Gasteiger partial charge is 0.508 e. The fourth-order valence-corrected chi connectivity index (χ4v) is 6.70. The Balaban J connectivity index is 1.70. The fraction of sp³-hybridized carbons (Fsp3) is 0.750.